The van der Waals surface area contributed by atoms with Gasteiger partial charge in [0.1, 0.15) is 17.5 Å². The number of hydrogen-bond donors (Lipinski definition) is 0. The summed E-state index contributed by atoms with van der Waals surface area (Å²) < 4.78 is 14.3. The summed E-state index contributed by atoms with van der Waals surface area (Å²) in [5, 5.41) is 16.1. The maximum atomic E-state index is 13.3. The van der Waals surface area contributed by atoms with Crippen LogP contribution < -0.4 is 15.0 Å². The van der Waals surface area contributed by atoms with Gasteiger partial charge in [-0.1, -0.05) is 41.4 Å². The van der Waals surface area contributed by atoms with Gasteiger partial charge in [0.15, 0.2) is 11.5 Å². The zero-order valence-corrected chi connectivity index (χ0v) is 25.1. The molecule has 0 saturated heterocycles. The summed E-state index contributed by atoms with van der Waals surface area (Å²) in [7, 11) is 0. The first-order valence-electron chi connectivity index (χ1n) is 11.9. The van der Waals surface area contributed by atoms with E-state index < -0.39 is 4.92 Å². The Morgan fingerprint density at radius 2 is 1.87 bits per heavy atom. The number of nitro benzene ring substituents is 1. The SMILES string of the molecule is CCOc1cc(C=Nn2c(C(C)C)nc3ccc(Br)cc3c2=O)c(Br)c(Cl)c1OCc1ccc([N+](=O)[O-])cc1. The largest absolute Gasteiger partial charge is 0.490 e. The fourth-order valence-corrected chi connectivity index (χ4v) is 4.75. The molecular weight excluding hydrogens is 656 g/mol. The lowest BCUT2D eigenvalue weighted by atomic mass is 10.2. The van der Waals surface area contributed by atoms with Crippen molar-refractivity contribution in [1.82, 2.24) is 9.66 Å². The highest BCUT2D eigenvalue weighted by molar-refractivity contribution is 9.10. The molecule has 4 rings (SSSR count). The molecule has 0 unspecified atom stereocenters. The van der Waals surface area contributed by atoms with E-state index in [0.29, 0.717) is 44.9 Å². The fraction of sp³-hybridized carbons (Fsp3) is 0.222. The first-order valence-corrected chi connectivity index (χ1v) is 13.8. The molecule has 0 spiro atoms. The first kappa shape index (κ1) is 28.7. The third-order valence-corrected chi connectivity index (χ3v) is 7.58. The van der Waals surface area contributed by atoms with E-state index >= 15 is 0 Å². The van der Waals surface area contributed by atoms with E-state index in [1.807, 2.05) is 26.8 Å². The Bertz CT molecular complexity index is 1640. The average molecular weight is 679 g/mol. The Hall–Kier alpha value is -3.28. The van der Waals surface area contributed by atoms with E-state index in [1.54, 1.807) is 30.3 Å². The van der Waals surface area contributed by atoms with Crippen molar-refractivity contribution in [1.29, 1.82) is 0 Å². The molecule has 4 aromatic rings. The lowest BCUT2D eigenvalue weighted by Gasteiger charge is -2.16. The molecule has 39 heavy (non-hydrogen) atoms. The molecular formula is C27H23Br2ClN4O5. The molecule has 0 aliphatic carbocycles. The van der Waals surface area contributed by atoms with E-state index in [0.717, 1.165) is 10.0 Å². The van der Waals surface area contributed by atoms with Gasteiger partial charge in [0, 0.05) is 32.6 Å². The van der Waals surface area contributed by atoms with Crippen LogP contribution in [0.2, 0.25) is 5.02 Å². The summed E-state index contributed by atoms with van der Waals surface area (Å²) in [5.41, 5.74) is 1.57. The standard InChI is InChI=1S/C27H23Br2ClN4O5/c1-4-38-22-11-17(23(29)24(30)25(22)39-14-16-5-8-19(9-6-16)34(36)37)13-31-33-26(15(2)3)32-21-10-7-18(28)12-20(21)27(33)35/h5-13,15H,4,14H2,1-3H3. The molecule has 0 fully saturated rings. The van der Waals surface area contributed by atoms with Gasteiger partial charge in [-0.3, -0.25) is 14.9 Å². The fourth-order valence-electron chi connectivity index (χ4n) is 3.74. The average Bonchev–Trinajstić information content (AvgIpc) is 2.91. The second kappa shape index (κ2) is 12.3. The van der Waals surface area contributed by atoms with Crippen LogP contribution in [0.3, 0.4) is 0 Å². The van der Waals surface area contributed by atoms with Crippen LogP contribution in [0.15, 0.2) is 67.4 Å². The normalized spacial score (nSPS) is 11.5. The molecule has 0 bridgehead atoms. The Morgan fingerprint density at radius 1 is 1.15 bits per heavy atom. The molecule has 202 valence electrons. The summed E-state index contributed by atoms with van der Waals surface area (Å²) in [6.07, 6.45) is 1.51. The highest BCUT2D eigenvalue weighted by atomic mass is 79.9. The maximum Gasteiger partial charge on any atom is 0.282 e. The van der Waals surface area contributed by atoms with E-state index in [1.165, 1.54) is 23.0 Å². The van der Waals surface area contributed by atoms with Crippen LogP contribution >= 0.6 is 43.5 Å². The summed E-state index contributed by atoms with van der Waals surface area (Å²) in [6, 6.07) is 13.1. The topological polar surface area (TPSA) is 109 Å². The van der Waals surface area contributed by atoms with Gasteiger partial charge in [0.25, 0.3) is 11.2 Å². The number of fused-ring (bicyclic) bond motifs is 1. The van der Waals surface area contributed by atoms with Gasteiger partial charge >= 0.3 is 0 Å². The van der Waals surface area contributed by atoms with Crippen LogP contribution in [-0.4, -0.2) is 27.4 Å². The second-order valence-corrected chi connectivity index (χ2v) is 10.8. The molecule has 0 amide bonds. The van der Waals surface area contributed by atoms with Crippen molar-refractivity contribution < 1.29 is 14.4 Å². The molecule has 0 N–H and O–H groups in total. The number of rotatable bonds is 9. The Balaban J connectivity index is 1.71. The van der Waals surface area contributed by atoms with Crippen molar-refractivity contribution >= 4 is 66.3 Å². The zero-order chi connectivity index (χ0) is 28.3. The molecule has 12 heteroatoms. The number of ether oxygens (including phenoxy) is 2. The lowest BCUT2D eigenvalue weighted by Crippen LogP contribution is -2.23. The monoisotopic (exact) mass is 676 g/mol. The van der Waals surface area contributed by atoms with Gasteiger partial charge in [-0.15, -0.1) is 0 Å². The smallest absolute Gasteiger partial charge is 0.282 e. The predicted octanol–water partition coefficient (Wildman–Crippen LogP) is 7.47. The Morgan fingerprint density at radius 3 is 2.51 bits per heavy atom. The second-order valence-electron chi connectivity index (χ2n) is 8.71. The van der Waals surface area contributed by atoms with Gasteiger partial charge in [-0.2, -0.15) is 9.78 Å². The Kier molecular flexibility index (Phi) is 9.04. The van der Waals surface area contributed by atoms with Gasteiger partial charge in [0.2, 0.25) is 0 Å². The number of nitrogens with zero attached hydrogens (tertiary/aromatic N) is 4. The molecule has 0 saturated carbocycles. The van der Waals surface area contributed by atoms with E-state index in [2.05, 4.69) is 41.9 Å². The van der Waals surface area contributed by atoms with Crippen LogP contribution in [0, 0.1) is 10.1 Å². The molecule has 3 aromatic carbocycles. The Labute approximate surface area is 245 Å². The molecule has 1 heterocycles. The summed E-state index contributed by atoms with van der Waals surface area (Å²) in [6.45, 7) is 6.17. The van der Waals surface area contributed by atoms with Crippen molar-refractivity contribution in [3.8, 4) is 11.5 Å². The molecule has 0 atom stereocenters. The predicted molar refractivity (Wildman–Crippen MR) is 159 cm³/mol. The molecule has 0 aliphatic heterocycles. The molecule has 9 nitrogen and oxygen atoms in total. The van der Waals surface area contributed by atoms with Crippen LogP contribution in [0.1, 0.15) is 43.6 Å². The molecule has 0 radical (unpaired) electrons. The van der Waals surface area contributed by atoms with Gasteiger partial charge < -0.3 is 9.47 Å². The minimum atomic E-state index is -0.461. The van der Waals surface area contributed by atoms with Crippen LogP contribution in [0.5, 0.6) is 11.5 Å². The lowest BCUT2D eigenvalue weighted by molar-refractivity contribution is -0.384. The number of hydrogen-bond acceptors (Lipinski definition) is 7. The summed E-state index contributed by atoms with van der Waals surface area (Å²) >= 11 is 13.6. The van der Waals surface area contributed by atoms with Crippen LogP contribution in [0.25, 0.3) is 10.9 Å². The molecule has 0 aliphatic rings. The van der Waals surface area contributed by atoms with E-state index in [9.17, 15) is 14.9 Å². The number of halogens is 3. The number of aromatic nitrogens is 2. The van der Waals surface area contributed by atoms with Crippen molar-refractivity contribution in [3.63, 3.8) is 0 Å². The number of non-ortho nitro benzene ring substituents is 1. The van der Waals surface area contributed by atoms with Crippen molar-refractivity contribution in [3.05, 3.63) is 99.9 Å². The van der Waals surface area contributed by atoms with Crippen molar-refractivity contribution in [2.75, 3.05) is 6.61 Å². The zero-order valence-electron chi connectivity index (χ0n) is 21.2. The number of benzene rings is 3. The highest BCUT2D eigenvalue weighted by Crippen LogP contribution is 2.42. The minimum Gasteiger partial charge on any atom is -0.490 e. The van der Waals surface area contributed by atoms with Crippen LogP contribution in [0.4, 0.5) is 5.69 Å². The number of nitro groups is 1. The maximum absolute atomic E-state index is 13.3. The summed E-state index contributed by atoms with van der Waals surface area (Å²) in [4.78, 5) is 28.5. The third-order valence-electron chi connectivity index (χ3n) is 5.65. The van der Waals surface area contributed by atoms with E-state index in [-0.39, 0.29) is 28.8 Å². The van der Waals surface area contributed by atoms with Crippen molar-refractivity contribution in [2.24, 2.45) is 5.10 Å². The summed E-state index contributed by atoms with van der Waals surface area (Å²) in [5.74, 6) is 1.13. The van der Waals surface area contributed by atoms with Crippen LogP contribution in [-0.2, 0) is 6.61 Å². The van der Waals surface area contributed by atoms with Gasteiger partial charge in [-0.05, 0) is 64.8 Å². The van der Waals surface area contributed by atoms with Crippen molar-refractivity contribution in [2.45, 2.75) is 33.3 Å². The highest BCUT2D eigenvalue weighted by Gasteiger charge is 2.19. The van der Waals surface area contributed by atoms with Gasteiger partial charge in [0.05, 0.1) is 28.6 Å². The van der Waals surface area contributed by atoms with E-state index in [4.69, 9.17) is 21.1 Å². The van der Waals surface area contributed by atoms with Gasteiger partial charge in [-0.25, -0.2) is 4.98 Å². The minimum absolute atomic E-state index is 0.00727. The molecule has 1 aromatic heterocycles. The quantitative estimate of drug-likeness (QED) is 0.103. The third kappa shape index (κ3) is 6.32. The first-order chi connectivity index (χ1) is 18.6.